The summed E-state index contributed by atoms with van der Waals surface area (Å²) in [4.78, 5) is 4.55. The van der Waals surface area contributed by atoms with Gasteiger partial charge in [0.2, 0.25) is 0 Å². The Bertz CT molecular complexity index is 194. The van der Waals surface area contributed by atoms with E-state index in [4.69, 9.17) is 4.74 Å². The van der Waals surface area contributed by atoms with Crippen molar-refractivity contribution in [2.24, 2.45) is 5.92 Å². The lowest BCUT2D eigenvalue weighted by molar-refractivity contribution is 0.0539. The number of aliphatic hydroxyl groups excluding tert-OH is 1. The molecule has 0 radical (unpaired) electrons. The van der Waals surface area contributed by atoms with Crippen molar-refractivity contribution in [3.05, 3.63) is 0 Å². The Hall–Kier alpha value is -0.160. The molecule has 0 aromatic carbocycles. The quantitative estimate of drug-likeness (QED) is 0.680. The summed E-state index contributed by atoms with van der Waals surface area (Å²) in [5, 5.41) is 10.2. The molecule has 2 atom stereocenters. The van der Waals surface area contributed by atoms with E-state index in [0.717, 1.165) is 52.2 Å². The number of hydrogen-bond donors (Lipinski definition) is 1. The molecule has 1 N–H and O–H groups in total. The summed E-state index contributed by atoms with van der Waals surface area (Å²) in [6, 6.07) is 0. The van der Waals surface area contributed by atoms with E-state index in [-0.39, 0.29) is 6.10 Å². The van der Waals surface area contributed by atoms with Gasteiger partial charge in [-0.15, -0.1) is 0 Å². The van der Waals surface area contributed by atoms with Crippen molar-refractivity contribution in [3.63, 3.8) is 0 Å². The summed E-state index contributed by atoms with van der Waals surface area (Å²) in [7, 11) is 4.18. The lowest BCUT2D eigenvalue weighted by Crippen LogP contribution is -2.40. The van der Waals surface area contributed by atoms with Crippen molar-refractivity contribution in [2.75, 3.05) is 53.5 Å². The van der Waals surface area contributed by atoms with Crippen LogP contribution in [0.3, 0.4) is 0 Å². The molecular formula is C13H28N2O2. The molecule has 0 aliphatic carbocycles. The van der Waals surface area contributed by atoms with Crippen LogP contribution in [-0.2, 0) is 4.74 Å². The maximum absolute atomic E-state index is 10.2. The van der Waals surface area contributed by atoms with E-state index >= 15 is 0 Å². The van der Waals surface area contributed by atoms with E-state index in [1.54, 1.807) is 0 Å². The lowest BCUT2D eigenvalue weighted by Gasteiger charge is -2.28. The molecule has 0 bridgehead atoms. The van der Waals surface area contributed by atoms with Gasteiger partial charge in [-0.3, -0.25) is 4.90 Å². The number of nitrogens with zero attached hydrogens (tertiary/aromatic N) is 2. The number of aliphatic hydroxyl groups is 1. The van der Waals surface area contributed by atoms with Gasteiger partial charge < -0.3 is 14.7 Å². The van der Waals surface area contributed by atoms with Gasteiger partial charge >= 0.3 is 0 Å². The Morgan fingerprint density at radius 3 is 2.59 bits per heavy atom. The van der Waals surface area contributed by atoms with Gasteiger partial charge in [-0.1, -0.05) is 6.92 Å². The molecule has 2 unspecified atom stereocenters. The van der Waals surface area contributed by atoms with E-state index in [9.17, 15) is 5.11 Å². The first kappa shape index (κ1) is 14.9. The molecule has 1 rings (SSSR count). The van der Waals surface area contributed by atoms with Crippen LogP contribution in [0.2, 0.25) is 0 Å². The second-order valence-electron chi connectivity index (χ2n) is 5.29. The van der Waals surface area contributed by atoms with Crippen molar-refractivity contribution in [1.82, 2.24) is 9.80 Å². The van der Waals surface area contributed by atoms with Gasteiger partial charge in [0, 0.05) is 32.2 Å². The molecule has 0 saturated carbocycles. The molecule has 1 aliphatic rings. The van der Waals surface area contributed by atoms with E-state index in [0.29, 0.717) is 5.92 Å². The number of ether oxygens (including phenoxy) is 1. The molecule has 1 aliphatic heterocycles. The van der Waals surface area contributed by atoms with Crippen LogP contribution >= 0.6 is 0 Å². The van der Waals surface area contributed by atoms with Crippen LogP contribution in [0.15, 0.2) is 0 Å². The van der Waals surface area contributed by atoms with Crippen LogP contribution in [0.1, 0.15) is 19.8 Å². The first-order valence-corrected chi connectivity index (χ1v) is 6.76. The minimum Gasteiger partial charge on any atom is -0.391 e. The molecule has 1 fully saturated rings. The molecule has 4 nitrogen and oxygen atoms in total. The zero-order valence-electron chi connectivity index (χ0n) is 11.6. The van der Waals surface area contributed by atoms with Crippen LogP contribution < -0.4 is 0 Å². The Labute approximate surface area is 106 Å². The van der Waals surface area contributed by atoms with Crippen LogP contribution in [0.5, 0.6) is 0 Å². The smallest absolute Gasteiger partial charge is 0.0718 e. The standard InChI is InChI=1S/C13H28N2O2/c1-4-6-15(8-7-14(2)3)10-13(16)12-5-9-17-11-12/h12-13,16H,4-11H2,1-3H3. The SMILES string of the molecule is CCCN(CCN(C)C)CC(O)C1CCOC1. The zero-order chi connectivity index (χ0) is 12.7. The minimum absolute atomic E-state index is 0.230. The highest BCUT2D eigenvalue weighted by molar-refractivity contribution is 4.76. The predicted octanol–water partition coefficient (Wildman–Crippen LogP) is 0.657. The van der Waals surface area contributed by atoms with E-state index in [2.05, 4.69) is 30.8 Å². The summed E-state index contributed by atoms with van der Waals surface area (Å²) in [5.74, 6) is 0.341. The van der Waals surface area contributed by atoms with Gasteiger partial charge in [-0.05, 0) is 33.5 Å². The molecular weight excluding hydrogens is 216 g/mol. The van der Waals surface area contributed by atoms with Crippen LogP contribution in [0, 0.1) is 5.92 Å². The molecule has 1 saturated heterocycles. The number of hydrogen-bond acceptors (Lipinski definition) is 4. The summed E-state index contributed by atoms with van der Waals surface area (Å²) in [6.07, 6.45) is 1.92. The Morgan fingerprint density at radius 2 is 2.06 bits per heavy atom. The van der Waals surface area contributed by atoms with E-state index in [1.165, 1.54) is 0 Å². The molecule has 102 valence electrons. The monoisotopic (exact) mass is 244 g/mol. The summed E-state index contributed by atoms with van der Waals surface area (Å²) >= 11 is 0. The second-order valence-corrected chi connectivity index (χ2v) is 5.29. The highest BCUT2D eigenvalue weighted by Crippen LogP contribution is 2.17. The topological polar surface area (TPSA) is 35.9 Å². The van der Waals surface area contributed by atoms with Crippen LogP contribution in [0.4, 0.5) is 0 Å². The second kappa shape index (κ2) is 8.03. The maximum atomic E-state index is 10.2. The molecule has 1 heterocycles. The van der Waals surface area contributed by atoms with Crippen LogP contribution in [-0.4, -0.2) is 74.5 Å². The van der Waals surface area contributed by atoms with Gasteiger partial charge in [-0.2, -0.15) is 0 Å². The molecule has 17 heavy (non-hydrogen) atoms. The third kappa shape index (κ3) is 5.82. The van der Waals surface area contributed by atoms with Crippen molar-refractivity contribution in [2.45, 2.75) is 25.9 Å². The van der Waals surface area contributed by atoms with Gasteiger partial charge in [0.15, 0.2) is 0 Å². The van der Waals surface area contributed by atoms with Gasteiger partial charge in [0.1, 0.15) is 0 Å². The molecule has 0 spiro atoms. The largest absolute Gasteiger partial charge is 0.391 e. The zero-order valence-corrected chi connectivity index (χ0v) is 11.6. The Morgan fingerprint density at radius 1 is 1.29 bits per heavy atom. The summed E-state index contributed by atoms with van der Waals surface area (Å²) in [6.45, 7) is 7.67. The maximum Gasteiger partial charge on any atom is 0.0718 e. The van der Waals surface area contributed by atoms with Crippen molar-refractivity contribution < 1.29 is 9.84 Å². The van der Waals surface area contributed by atoms with Gasteiger partial charge in [-0.25, -0.2) is 0 Å². The molecule has 0 amide bonds. The van der Waals surface area contributed by atoms with Gasteiger partial charge in [0.25, 0.3) is 0 Å². The first-order chi connectivity index (χ1) is 8.13. The minimum atomic E-state index is -0.230. The van der Waals surface area contributed by atoms with Crippen molar-refractivity contribution in [1.29, 1.82) is 0 Å². The summed E-state index contributed by atoms with van der Waals surface area (Å²) in [5.41, 5.74) is 0. The fourth-order valence-corrected chi connectivity index (χ4v) is 2.22. The first-order valence-electron chi connectivity index (χ1n) is 6.76. The van der Waals surface area contributed by atoms with E-state index in [1.807, 2.05) is 0 Å². The number of rotatable bonds is 8. The average Bonchev–Trinajstić information content (AvgIpc) is 2.79. The fraction of sp³-hybridized carbons (Fsp3) is 1.00. The number of likely N-dealkylation sites (N-methyl/N-ethyl adjacent to an activating group) is 1. The van der Waals surface area contributed by atoms with Crippen molar-refractivity contribution in [3.8, 4) is 0 Å². The van der Waals surface area contributed by atoms with Crippen molar-refractivity contribution >= 4 is 0 Å². The van der Waals surface area contributed by atoms with Crippen LogP contribution in [0.25, 0.3) is 0 Å². The third-order valence-electron chi connectivity index (χ3n) is 3.36. The summed E-state index contributed by atoms with van der Waals surface area (Å²) < 4.78 is 5.33. The fourth-order valence-electron chi connectivity index (χ4n) is 2.22. The molecule has 4 heteroatoms. The lowest BCUT2D eigenvalue weighted by atomic mass is 10.0. The highest BCUT2D eigenvalue weighted by Gasteiger charge is 2.25. The predicted molar refractivity (Wildman–Crippen MR) is 70.2 cm³/mol. The Kier molecular flexibility index (Phi) is 7.04. The molecule has 0 aromatic rings. The third-order valence-corrected chi connectivity index (χ3v) is 3.36. The molecule has 0 aromatic heterocycles. The average molecular weight is 244 g/mol. The normalized spacial score (nSPS) is 22.6. The van der Waals surface area contributed by atoms with E-state index < -0.39 is 0 Å². The van der Waals surface area contributed by atoms with Gasteiger partial charge in [0.05, 0.1) is 12.7 Å². The highest BCUT2D eigenvalue weighted by atomic mass is 16.5. The Balaban J connectivity index is 2.30.